The van der Waals surface area contributed by atoms with Crippen molar-refractivity contribution in [1.29, 1.82) is 0 Å². The Balaban J connectivity index is 1.59. The normalized spacial score (nSPS) is 18.0. The molecule has 0 saturated carbocycles. The van der Waals surface area contributed by atoms with Gasteiger partial charge in [-0.15, -0.1) is 0 Å². The lowest BCUT2D eigenvalue weighted by molar-refractivity contribution is -0.0249. The van der Waals surface area contributed by atoms with Gasteiger partial charge in [-0.1, -0.05) is 29.8 Å². The van der Waals surface area contributed by atoms with E-state index < -0.39 is 16.1 Å². The Kier molecular flexibility index (Phi) is 5.40. The number of nitrogens with zero attached hydrogens (tertiary/aromatic N) is 1. The summed E-state index contributed by atoms with van der Waals surface area (Å²) in [6, 6.07) is 14.7. The first-order valence-electron chi connectivity index (χ1n) is 9.36. The molecule has 1 N–H and O–H groups in total. The lowest BCUT2D eigenvalue weighted by atomic mass is 10.2. The van der Waals surface area contributed by atoms with Crippen LogP contribution in [0, 0.1) is 6.92 Å². The van der Waals surface area contributed by atoms with Gasteiger partial charge >= 0.3 is 0 Å². The molecule has 1 fully saturated rings. The Morgan fingerprint density at radius 3 is 2.79 bits per heavy atom. The van der Waals surface area contributed by atoms with Gasteiger partial charge in [0.15, 0.2) is 6.29 Å². The molecule has 3 aromatic rings. The minimum atomic E-state index is -3.89. The number of morpholine rings is 1. The third-order valence-electron chi connectivity index (χ3n) is 4.93. The van der Waals surface area contributed by atoms with Gasteiger partial charge in [0, 0.05) is 24.0 Å². The Morgan fingerprint density at radius 1 is 1.24 bits per heavy atom. The molecule has 1 aromatic heterocycles. The third kappa shape index (κ3) is 3.91. The molecule has 1 saturated heterocycles. The number of benzene rings is 2. The van der Waals surface area contributed by atoms with E-state index in [1.165, 1.54) is 4.31 Å². The molecule has 1 aliphatic rings. The zero-order valence-electron chi connectivity index (χ0n) is 16.0. The molecule has 1 aliphatic heterocycles. The van der Waals surface area contributed by atoms with E-state index in [2.05, 4.69) is 4.98 Å². The first kappa shape index (κ1) is 19.6. The molecule has 7 nitrogen and oxygen atoms in total. The van der Waals surface area contributed by atoms with Crippen molar-refractivity contribution in [1.82, 2.24) is 9.29 Å². The van der Waals surface area contributed by atoms with Crippen LogP contribution in [0.4, 0.5) is 0 Å². The van der Waals surface area contributed by atoms with Crippen LogP contribution in [0.3, 0.4) is 0 Å². The molecule has 0 spiro atoms. The van der Waals surface area contributed by atoms with Gasteiger partial charge in [-0.3, -0.25) is 4.79 Å². The Hall–Kier alpha value is -2.68. The monoisotopic (exact) mass is 414 g/mol. The molecule has 8 heteroatoms. The van der Waals surface area contributed by atoms with Crippen LogP contribution in [0.15, 0.2) is 53.4 Å². The van der Waals surface area contributed by atoms with Gasteiger partial charge in [-0.25, -0.2) is 8.42 Å². The van der Waals surface area contributed by atoms with Crippen LogP contribution in [0.2, 0.25) is 0 Å². The van der Waals surface area contributed by atoms with E-state index >= 15 is 0 Å². The molecule has 0 unspecified atom stereocenters. The topological polar surface area (TPSA) is 88.7 Å². The van der Waals surface area contributed by atoms with Gasteiger partial charge in [-0.2, -0.15) is 4.31 Å². The number of carbonyl (C=O) groups is 1. The average molecular weight is 414 g/mol. The summed E-state index contributed by atoms with van der Waals surface area (Å²) < 4.78 is 39.6. The van der Waals surface area contributed by atoms with Gasteiger partial charge in [0.05, 0.1) is 12.3 Å². The highest BCUT2D eigenvalue weighted by Crippen LogP contribution is 2.30. The summed E-state index contributed by atoms with van der Waals surface area (Å²) in [5, 5.41) is 0.524. The van der Waals surface area contributed by atoms with E-state index in [1.54, 1.807) is 12.1 Å². The molecule has 152 valence electrons. The minimum absolute atomic E-state index is 0.0239. The van der Waals surface area contributed by atoms with E-state index in [4.69, 9.17) is 9.47 Å². The van der Waals surface area contributed by atoms with Crippen LogP contribution in [-0.2, 0) is 14.8 Å². The van der Waals surface area contributed by atoms with Crippen LogP contribution in [0.25, 0.3) is 10.9 Å². The Morgan fingerprint density at radius 2 is 2.03 bits per heavy atom. The summed E-state index contributed by atoms with van der Waals surface area (Å²) in [4.78, 5) is 14.5. The highest BCUT2D eigenvalue weighted by Gasteiger charge is 2.34. The van der Waals surface area contributed by atoms with Crippen LogP contribution >= 0.6 is 0 Å². The fourth-order valence-corrected chi connectivity index (χ4v) is 5.27. The first-order valence-corrected chi connectivity index (χ1v) is 10.8. The maximum absolute atomic E-state index is 13.4. The number of rotatable bonds is 6. The van der Waals surface area contributed by atoms with Crippen molar-refractivity contribution < 1.29 is 22.7 Å². The lowest BCUT2D eigenvalue weighted by Crippen LogP contribution is -2.47. The fourth-order valence-electron chi connectivity index (χ4n) is 3.51. The van der Waals surface area contributed by atoms with Gasteiger partial charge in [0.2, 0.25) is 10.0 Å². The van der Waals surface area contributed by atoms with Crippen LogP contribution in [-0.4, -0.2) is 56.4 Å². The number of aldehydes is 1. The fraction of sp³-hybridized carbons (Fsp3) is 0.286. The second-order valence-electron chi connectivity index (χ2n) is 7.01. The smallest absolute Gasteiger partial charge is 0.246 e. The molecule has 4 rings (SSSR count). The second kappa shape index (κ2) is 7.98. The molecule has 2 heterocycles. The molecular weight excluding hydrogens is 392 g/mol. The molecule has 2 aromatic carbocycles. The summed E-state index contributed by atoms with van der Waals surface area (Å²) in [6.45, 7) is 2.77. The minimum Gasteiger partial charge on any atom is -0.491 e. The van der Waals surface area contributed by atoms with Crippen molar-refractivity contribution in [3.63, 3.8) is 0 Å². The van der Waals surface area contributed by atoms with Crippen molar-refractivity contribution in [3.8, 4) is 5.75 Å². The van der Waals surface area contributed by atoms with E-state index in [0.29, 0.717) is 22.9 Å². The van der Waals surface area contributed by atoms with Crippen molar-refractivity contribution in [3.05, 3.63) is 59.8 Å². The number of aromatic nitrogens is 1. The summed E-state index contributed by atoms with van der Waals surface area (Å²) in [7, 11) is -3.89. The highest BCUT2D eigenvalue weighted by atomic mass is 32.2. The zero-order valence-corrected chi connectivity index (χ0v) is 16.8. The van der Waals surface area contributed by atoms with Crippen LogP contribution in [0.5, 0.6) is 5.75 Å². The number of nitrogens with one attached hydrogen (secondary N) is 1. The number of hydrogen-bond donors (Lipinski definition) is 1. The lowest BCUT2D eigenvalue weighted by Gasteiger charge is -2.32. The van der Waals surface area contributed by atoms with E-state index in [1.807, 2.05) is 43.3 Å². The summed E-state index contributed by atoms with van der Waals surface area (Å²) >= 11 is 0. The van der Waals surface area contributed by atoms with Crippen LogP contribution < -0.4 is 4.74 Å². The van der Waals surface area contributed by atoms with Crippen LogP contribution in [0.1, 0.15) is 16.1 Å². The number of ether oxygens (including phenoxy) is 2. The Labute approximate surface area is 169 Å². The maximum Gasteiger partial charge on any atom is 0.246 e. The molecule has 0 radical (unpaired) electrons. The largest absolute Gasteiger partial charge is 0.491 e. The number of carbonyl (C=O) groups excluding carboxylic acids is 1. The molecular formula is C21H22N2O5S. The van der Waals surface area contributed by atoms with Gasteiger partial charge in [-0.05, 0) is 31.2 Å². The number of aryl methyl sites for hydroxylation is 1. The highest BCUT2D eigenvalue weighted by molar-refractivity contribution is 7.89. The number of para-hydroxylation sites is 1. The molecule has 1 atom stereocenters. The van der Waals surface area contributed by atoms with Gasteiger partial charge in [0.1, 0.15) is 23.4 Å². The van der Waals surface area contributed by atoms with Crippen molar-refractivity contribution in [2.24, 2.45) is 0 Å². The predicted molar refractivity (Wildman–Crippen MR) is 109 cm³/mol. The van der Waals surface area contributed by atoms with E-state index in [9.17, 15) is 13.2 Å². The quantitative estimate of drug-likeness (QED) is 0.627. The first-order chi connectivity index (χ1) is 14.0. The summed E-state index contributed by atoms with van der Waals surface area (Å²) in [5.74, 6) is 0.700. The standard InChI is InChI=1S/C21H22N2O5S/c1-15-7-8-19-18(11-15)21(20(13-24)22-19)29(25,26)23-9-10-27-17(12-23)14-28-16-5-3-2-4-6-16/h2-8,11,13,17,22H,9-10,12,14H2,1H3/t17-/m0/s1. The number of sulfonamides is 1. The molecule has 0 bridgehead atoms. The van der Waals surface area contributed by atoms with Crippen molar-refractivity contribution in [2.45, 2.75) is 17.9 Å². The van der Waals surface area contributed by atoms with E-state index in [0.717, 1.165) is 5.56 Å². The van der Waals surface area contributed by atoms with Gasteiger partial charge < -0.3 is 14.5 Å². The van der Waals surface area contributed by atoms with Crippen molar-refractivity contribution >= 4 is 27.2 Å². The SMILES string of the molecule is Cc1ccc2[nH]c(C=O)c(S(=O)(=O)N3CCO[C@H](COc4ccccc4)C3)c2c1. The zero-order chi connectivity index (χ0) is 20.4. The summed E-state index contributed by atoms with van der Waals surface area (Å²) in [6.07, 6.45) is 0.156. The van der Waals surface area contributed by atoms with E-state index in [-0.39, 0.29) is 36.9 Å². The second-order valence-corrected chi connectivity index (χ2v) is 8.89. The molecule has 29 heavy (non-hydrogen) atoms. The number of H-pyrrole nitrogens is 1. The average Bonchev–Trinajstić information content (AvgIpc) is 3.11. The maximum atomic E-state index is 13.4. The molecule has 0 aliphatic carbocycles. The Bertz CT molecular complexity index is 1120. The number of hydrogen-bond acceptors (Lipinski definition) is 5. The number of fused-ring (bicyclic) bond motifs is 1. The van der Waals surface area contributed by atoms with Crippen molar-refractivity contribution in [2.75, 3.05) is 26.3 Å². The summed E-state index contributed by atoms with van der Waals surface area (Å²) in [5.41, 5.74) is 1.60. The molecule has 0 amide bonds. The third-order valence-corrected chi connectivity index (χ3v) is 6.90. The van der Waals surface area contributed by atoms with Gasteiger partial charge in [0.25, 0.3) is 0 Å². The number of aromatic amines is 1. The predicted octanol–water partition coefficient (Wildman–Crippen LogP) is 2.76.